The van der Waals surface area contributed by atoms with E-state index < -0.39 is 5.41 Å². The van der Waals surface area contributed by atoms with Crippen molar-refractivity contribution in [3.05, 3.63) is 59.7 Å². The molecule has 0 spiro atoms. The standard InChI is InChI=1S/C19H23N5O/c1-14(2)13-22-24-18(25)19(3,15-7-5-4-6-8-15)11-16-9-10-21-17(12-20)23-16/h4-10,14,22H,11,13H2,1-3H3,(H,24,25). The van der Waals surface area contributed by atoms with Gasteiger partial charge in [0.15, 0.2) is 0 Å². The molecule has 1 aromatic heterocycles. The van der Waals surface area contributed by atoms with Gasteiger partial charge in [0.1, 0.15) is 6.07 Å². The van der Waals surface area contributed by atoms with Gasteiger partial charge in [-0.2, -0.15) is 5.26 Å². The van der Waals surface area contributed by atoms with E-state index in [0.29, 0.717) is 24.6 Å². The summed E-state index contributed by atoms with van der Waals surface area (Å²) in [7, 11) is 0. The van der Waals surface area contributed by atoms with E-state index in [-0.39, 0.29) is 11.7 Å². The molecule has 0 aliphatic rings. The lowest BCUT2D eigenvalue weighted by Gasteiger charge is -2.29. The topological polar surface area (TPSA) is 90.7 Å². The van der Waals surface area contributed by atoms with Crippen LogP contribution in [0.1, 0.15) is 37.9 Å². The summed E-state index contributed by atoms with van der Waals surface area (Å²) in [5, 5.41) is 8.99. The maximum absolute atomic E-state index is 12.9. The van der Waals surface area contributed by atoms with E-state index in [1.807, 2.05) is 43.3 Å². The molecule has 1 amide bonds. The lowest BCUT2D eigenvalue weighted by atomic mass is 9.77. The largest absolute Gasteiger partial charge is 0.291 e. The molecule has 1 unspecified atom stereocenters. The summed E-state index contributed by atoms with van der Waals surface area (Å²) >= 11 is 0. The second-order valence-electron chi connectivity index (χ2n) is 6.59. The summed E-state index contributed by atoms with van der Waals surface area (Å²) in [5.41, 5.74) is 6.50. The minimum absolute atomic E-state index is 0.103. The van der Waals surface area contributed by atoms with Gasteiger partial charge in [0.25, 0.3) is 0 Å². The van der Waals surface area contributed by atoms with E-state index in [9.17, 15) is 4.79 Å². The van der Waals surface area contributed by atoms with Crippen molar-refractivity contribution < 1.29 is 4.79 Å². The first-order valence-corrected chi connectivity index (χ1v) is 8.26. The SMILES string of the molecule is CC(C)CNNC(=O)C(C)(Cc1ccnc(C#N)n1)c1ccccc1. The third-order valence-corrected chi connectivity index (χ3v) is 3.97. The Hall–Kier alpha value is -2.78. The van der Waals surface area contributed by atoms with Crippen LogP contribution in [0, 0.1) is 17.2 Å². The Bertz CT molecular complexity index is 754. The Kier molecular flexibility index (Phi) is 6.20. The zero-order chi connectivity index (χ0) is 18.3. The molecule has 130 valence electrons. The van der Waals surface area contributed by atoms with Crippen LogP contribution in [0.15, 0.2) is 42.6 Å². The molecule has 1 atom stereocenters. The van der Waals surface area contributed by atoms with Crippen molar-refractivity contribution >= 4 is 5.91 Å². The van der Waals surface area contributed by atoms with Gasteiger partial charge < -0.3 is 0 Å². The summed E-state index contributed by atoms with van der Waals surface area (Å²) in [6, 6.07) is 13.2. The normalized spacial score (nSPS) is 13.1. The van der Waals surface area contributed by atoms with E-state index in [4.69, 9.17) is 5.26 Å². The number of hydrogen-bond donors (Lipinski definition) is 2. The first kappa shape index (κ1) is 18.6. The van der Waals surface area contributed by atoms with Gasteiger partial charge in [-0.3, -0.25) is 10.2 Å². The number of nitrogens with zero attached hydrogens (tertiary/aromatic N) is 3. The lowest BCUT2D eigenvalue weighted by molar-refractivity contribution is -0.127. The number of nitrogens with one attached hydrogen (secondary N) is 2. The second-order valence-corrected chi connectivity index (χ2v) is 6.59. The average Bonchev–Trinajstić information content (AvgIpc) is 2.62. The highest BCUT2D eigenvalue weighted by atomic mass is 16.2. The van der Waals surface area contributed by atoms with E-state index in [1.165, 1.54) is 0 Å². The zero-order valence-electron chi connectivity index (χ0n) is 14.8. The van der Waals surface area contributed by atoms with Crippen molar-refractivity contribution in [2.75, 3.05) is 6.54 Å². The van der Waals surface area contributed by atoms with Gasteiger partial charge in [-0.25, -0.2) is 15.4 Å². The number of amides is 1. The number of benzene rings is 1. The molecule has 0 saturated heterocycles. The van der Waals surface area contributed by atoms with Crippen LogP contribution in [0.3, 0.4) is 0 Å². The molecule has 25 heavy (non-hydrogen) atoms. The highest BCUT2D eigenvalue weighted by molar-refractivity contribution is 5.87. The number of nitriles is 1. The molecular weight excluding hydrogens is 314 g/mol. The fourth-order valence-electron chi connectivity index (χ4n) is 2.50. The Balaban J connectivity index is 2.29. The van der Waals surface area contributed by atoms with Crippen LogP contribution in [0.2, 0.25) is 0 Å². The molecule has 1 aromatic carbocycles. The molecule has 0 aliphatic heterocycles. The van der Waals surface area contributed by atoms with Crippen LogP contribution in [0.25, 0.3) is 0 Å². The monoisotopic (exact) mass is 337 g/mol. The predicted molar refractivity (Wildman–Crippen MR) is 95.2 cm³/mol. The summed E-state index contributed by atoms with van der Waals surface area (Å²) in [6.45, 7) is 6.70. The Labute approximate surface area is 148 Å². The molecule has 0 bridgehead atoms. The summed E-state index contributed by atoms with van der Waals surface area (Å²) in [6.07, 6.45) is 1.91. The predicted octanol–water partition coefficient (Wildman–Crippen LogP) is 2.13. The summed E-state index contributed by atoms with van der Waals surface area (Å²) in [5.74, 6) is 0.381. The minimum atomic E-state index is -0.827. The molecule has 6 heteroatoms. The van der Waals surface area contributed by atoms with Crippen molar-refractivity contribution in [2.24, 2.45) is 5.92 Å². The molecule has 0 saturated carbocycles. The summed E-state index contributed by atoms with van der Waals surface area (Å²) in [4.78, 5) is 21.0. The Morgan fingerprint density at radius 3 is 2.64 bits per heavy atom. The van der Waals surface area contributed by atoms with Crippen LogP contribution in [0.4, 0.5) is 0 Å². The Morgan fingerprint density at radius 2 is 2.00 bits per heavy atom. The average molecular weight is 337 g/mol. The van der Waals surface area contributed by atoms with Gasteiger partial charge in [-0.05, 0) is 24.5 Å². The Morgan fingerprint density at radius 1 is 1.28 bits per heavy atom. The van der Waals surface area contributed by atoms with Gasteiger partial charge in [0.05, 0.1) is 5.41 Å². The van der Waals surface area contributed by atoms with Gasteiger partial charge >= 0.3 is 0 Å². The van der Waals surface area contributed by atoms with Crippen LogP contribution in [-0.4, -0.2) is 22.4 Å². The van der Waals surface area contributed by atoms with Crippen molar-refractivity contribution in [1.82, 2.24) is 20.8 Å². The van der Waals surface area contributed by atoms with E-state index in [1.54, 1.807) is 12.3 Å². The second kappa shape index (κ2) is 8.36. The fourth-order valence-corrected chi connectivity index (χ4v) is 2.50. The number of carbonyl (C=O) groups excluding carboxylic acids is 1. The van der Waals surface area contributed by atoms with E-state index in [2.05, 4.69) is 34.7 Å². The number of hydrazine groups is 1. The molecule has 0 fully saturated rings. The third-order valence-electron chi connectivity index (χ3n) is 3.97. The maximum Gasteiger partial charge on any atom is 0.244 e. The number of hydrogen-bond acceptors (Lipinski definition) is 5. The number of carbonyl (C=O) groups is 1. The molecule has 0 radical (unpaired) electrons. The van der Waals surface area contributed by atoms with Crippen LogP contribution >= 0.6 is 0 Å². The molecule has 2 N–H and O–H groups in total. The smallest absolute Gasteiger partial charge is 0.244 e. The van der Waals surface area contributed by atoms with E-state index >= 15 is 0 Å². The molecule has 2 aromatic rings. The zero-order valence-corrected chi connectivity index (χ0v) is 14.8. The fraction of sp³-hybridized carbons (Fsp3) is 0.368. The van der Waals surface area contributed by atoms with Crippen LogP contribution in [0.5, 0.6) is 0 Å². The van der Waals surface area contributed by atoms with Crippen molar-refractivity contribution in [3.8, 4) is 6.07 Å². The van der Waals surface area contributed by atoms with Crippen LogP contribution in [-0.2, 0) is 16.6 Å². The van der Waals surface area contributed by atoms with Gasteiger partial charge in [0.2, 0.25) is 11.7 Å². The highest BCUT2D eigenvalue weighted by Crippen LogP contribution is 2.28. The van der Waals surface area contributed by atoms with Crippen molar-refractivity contribution in [2.45, 2.75) is 32.6 Å². The minimum Gasteiger partial charge on any atom is -0.291 e. The molecule has 6 nitrogen and oxygen atoms in total. The third kappa shape index (κ3) is 4.85. The van der Waals surface area contributed by atoms with Gasteiger partial charge in [0, 0.05) is 24.9 Å². The van der Waals surface area contributed by atoms with Gasteiger partial charge in [-0.15, -0.1) is 0 Å². The first-order valence-electron chi connectivity index (χ1n) is 8.26. The van der Waals surface area contributed by atoms with E-state index in [0.717, 1.165) is 5.56 Å². The molecule has 2 rings (SSSR count). The number of rotatable bonds is 7. The van der Waals surface area contributed by atoms with Crippen LogP contribution < -0.4 is 10.9 Å². The highest BCUT2D eigenvalue weighted by Gasteiger charge is 2.36. The molecule has 0 aliphatic carbocycles. The molecular formula is C19H23N5O. The molecule has 1 heterocycles. The van der Waals surface area contributed by atoms with Gasteiger partial charge in [-0.1, -0.05) is 44.2 Å². The van der Waals surface area contributed by atoms with Crippen molar-refractivity contribution in [1.29, 1.82) is 5.26 Å². The lowest BCUT2D eigenvalue weighted by Crippen LogP contribution is -2.50. The quantitative estimate of drug-likeness (QED) is 0.755. The maximum atomic E-state index is 12.9. The summed E-state index contributed by atoms with van der Waals surface area (Å²) < 4.78 is 0. The number of aromatic nitrogens is 2. The van der Waals surface area contributed by atoms with Crippen molar-refractivity contribution in [3.63, 3.8) is 0 Å². The first-order chi connectivity index (χ1) is 12.0.